The topological polar surface area (TPSA) is 165 Å². The van der Waals surface area contributed by atoms with E-state index in [1.165, 1.54) is 51.5 Å². The molecule has 1 aliphatic heterocycles. The Kier molecular flexibility index (Phi) is 8.36. The fourth-order valence-electron chi connectivity index (χ4n) is 4.03. The van der Waals surface area contributed by atoms with Crippen molar-refractivity contribution in [1.82, 2.24) is 34.7 Å². The smallest absolute Gasteiger partial charge is 0.245 e. The van der Waals surface area contributed by atoms with Crippen molar-refractivity contribution in [3.05, 3.63) is 35.4 Å². The van der Waals surface area contributed by atoms with Crippen LogP contribution in [-0.2, 0) is 19.5 Å². The molecule has 1 N–H and O–H groups in total. The van der Waals surface area contributed by atoms with E-state index in [-0.39, 0.29) is 34.5 Å². The van der Waals surface area contributed by atoms with Crippen molar-refractivity contribution in [1.29, 1.82) is 0 Å². The maximum Gasteiger partial charge on any atom is 0.245 e. The molecule has 1 fully saturated rings. The summed E-state index contributed by atoms with van der Waals surface area (Å²) in [6.45, 7) is 2.51. The molecule has 1 aliphatic rings. The molecule has 0 bridgehead atoms. The minimum Gasteiger partial charge on any atom is -0.479 e. The molecule has 0 amide bonds. The largest absolute Gasteiger partial charge is 0.479 e. The predicted octanol–water partition coefficient (Wildman–Crippen LogP) is 1.93. The molecule has 3 aromatic rings. The third kappa shape index (κ3) is 5.58. The molecule has 3 aromatic heterocycles. The maximum absolute atomic E-state index is 13.6. The molecule has 0 aromatic carbocycles. The summed E-state index contributed by atoms with van der Waals surface area (Å²) in [5.41, 5.74) is 0.543. The quantitative estimate of drug-likeness (QED) is 0.387. The Labute approximate surface area is 218 Å². The normalized spacial score (nSPS) is 17.7. The summed E-state index contributed by atoms with van der Waals surface area (Å²) < 4.78 is 53.1. The van der Waals surface area contributed by atoms with Crippen LogP contribution in [-0.4, -0.2) is 82.9 Å². The summed E-state index contributed by atoms with van der Waals surface area (Å²) in [6, 6.07) is 0. The predicted molar refractivity (Wildman–Crippen MR) is 132 cm³/mol. The van der Waals surface area contributed by atoms with Crippen LogP contribution in [0.2, 0.25) is 5.15 Å². The lowest BCUT2D eigenvalue weighted by molar-refractivity contribution is 0.0775. The van der Waals surface area contributed by atoms with Gasteiger partial charge < -0.3 is 18.9 Å². The minimum atomic E-state index is -4.12. The number of rotatable bonds is 10. The fourth-order valence-corrected chi connectivity index (χ4v) is 5.28. The van der Waals surface area contributed by atoms with E-state index in [9.17, 15) is 8.42 Å². The number of hydrogen-bond donors (Lipinski definition) is 1. The molecule has 14 nitrogen and oxygen atoms in total. The van der Waals surface area contributed by atoms with E-state index in [2.05, 4.69) is 34.9 Å². The van der Waals surface area contributed by atoms with Crippen LogP contribution in [0.5, 0.6) is 11.8 Å². The van der Waals surface area contributed by atoms with Gasteiger partial charge in [-0.25, -0.2) is 13.4 Å². The molecular formula is C21H27ClN8O6S. The highest BCUT2D eigenvalue weighted by atomic mass is 35.5. The van der Waals surface area contributed by atoms with Gasteiger partial charge >= 0.3 is 0 Å². The second-order valence-corrected chi connectivity index (χ2v) is 10.6. The van der Waals surface area contributed by atoms with E-state index in [4.69, 9.17) is 30.5 Å². The van der Waals surface area contributed by atoms with Crippen LogP contribution in [0.4, 0.5) is 5.95 Å². The number of aromatic nitrogens is 7. The van der Waals surface area contributed by atoms with E-state index in [0.717, 1.165) is 12.8 Å². The van der Waals surface area contributed by atoms with Crippen LogP contribution in [0.15, 0.2) is 18.7 Å². The molecule has 3 atom stereocenters. The second-order valence-electron chi connectivity index (χ2n) is 8.14. The lowest BCUT2D eigenvalue weighted by atomic mass is 10.0. The van der Waals surface area contributed by atoms with E-state index < -0.39 is 21.4 Å². The number of nitrogens with one attached hydrogen (secondary N) is 1. The molecule has 200 valence electrons. The Morgan fingerprint density at radius 2 is 1.84 bits per heavy atom. The first-order valence-electron chi connectivity index (χ1n) is 11.3. The Morgan fingerprint density at radius 3 is 2.41 bits per heavy atom. The van der Waals surface area contributed by atoms with Crippen molar-refractivity contribution in [2.45, 2.75) is 37.0 Å². The summed E-state index contributed by atoms with van der Waals surface area (Å²) in [7, 11) is 0.124. The number of nitrogens with zero attached hydrogens (tertiary/aromatic N) is 7. The van der Waals surface area contributed by atoms with Crippen molar-refractivity contribution in [3.8, 4) is 17.4 Å². The van der Waals surface area contributed by atoms with E-state index in [1.807, 2.05) is 0 Å². The van der Waals surface area contributed by atoms with Gasteiger partial charge in [-0.1, -0.05) is 11.6 Å². The van der Waals surface area contributed by atoms with Gasteiger partial charge in [0, 0.05) is 19.6 Å². The van der Waals surface area contributed by atoms with Crippen LogP contribution in [0.25, 0.3) is 5.69 Å². The maximum atomic E-state index is 13.6. The van der Waals surface area contributed by atoms with Gasteiger partial charge in [-0.15, -0.1) is 10.2 Å². The van der Waals surface area contributed by atoms with Gasteiger partial charge in [-0.3, -0.25) is 14.3 Å². The van der Waals surface area contributed by atoms with Crippen LogP contribution in [0, 0.1) is 0 Å². The molecule has 4 heterocycles. The first kappa shape index (κ1) is 26.9. The van der Waals surface area contributed by atoms with E-state index in [1.54, 1.807) is 0 Å². The van der Waals surface area contributed by atoms with E-state index >= 15 is 0 Å². The zero-order valence-electron chi connectivity index (χ0n) is 20.7. The number of anilines is 1. The highest BCUT2D eigenvalue weighted by Gasteiger charge is 2.35. The number of hydrogen-bond acceptors (Lipinski definition) is 12. The van der Waals surface area contributed by atoms with Gasteiger partial charge in [-0.2, -0.15) is 9.97 Å². The van der Waals surface area contributed by atoms with Gasteiger partial charge in [0.25, 0.3) is 0 Å². The Hall–Kier alpha value is -3.14. The number of ether oxygens (including phenoxy) is 4. The Bertz CT molecular complexity index is 1290. The lowest BCUT2D eigenvalue weighted by Crippen LogP contribution is -2.33. The minimum absolute atomic E-state index is 0.101. The van der Waals surface area contributed by atoms with E-state index in [0.29, 0.717) is 24.7 Å². The summed E-state index contributed by atoms with van der Waals surface area (Å²) in [5.74, 6) is 0.468. The summed E-state index contributed by atoms with van der Waals surface area (Å²) in [4.78, 5) is 16.5. The van der Waals surface area contributed by atoms with Crippen LogP contribution in [0.1, 0.15) is 43.3 Å². The SMILES string of the molecule is COc1ncnc(OC)c1-n1c(NS(=O)(=O)[C@@H](C)[C@H](OC)c2cnc(Cl)cn2)nnc1[C@@H]1CCCOC1. The molecule has 16 heteroatoms. The van der Waals surface area contributed by atoms with Gasteiger partial charge in [0.2, 0.25) is 27.7 Å². The van der Waals surface area contributed by atoms with Crippen LogP contribution < -0.4 is 14.2 Å². The fraction of sp³-hybridized carbons (Fsp3) is 0.524. The molecular weight excluding hydrogens is 528 g/mol. The Morgan fingerprint density at radius 1 is 1.11 bits per heavy atom. The first-order chi connectivity index (χ1) is 17.8. The average molecular weight is 555 g/mol. The van der Waals surface area contributed by atoms with Crippen molar-refractivity contribution in [3.63, 3.8) is 0 Å². The molecule has 0 unspecified atom stereocenters. The average Bonchev–Trinajstić information content (AvgIpc) is 3.32. The lowest BCUT2D eigenvalue weighted by Gasteiger charge is -2.24. The molecule has 37 heavy (non-hydrogen) atoms. The highest BCUT2D eigenvalue weighted by molar-refractivity contribution is 7.93. The van der Waals surface area contributed by atoms with Gasteiger partial charge in [0.15, 0.2) is 5.69 Å². The van der Waals surface area contributed by atoms with Crippen molar-refractivity contribution in [2.75, 3.05) is 39.3 Å². The van der Waals surface area contributed by atoms with Gasteiger partial charge in [0.05, 0.1) is 38.9 Å². The summed E-state index contributed by atoms with van der Waals surface area (Å²) in [5, 5.41) is 7.54. The molecule has 0 saturated carbocycles. The standard InChI is InChI=1S/C21H27ClN8O6S/c1-12(17(33-2)14-8-24-15(22)9-23-14)37(31,32)29-21-28-27-18(13-6-5-7-36-10-13)30(21)16-19(34-3)25-11-26-20(16)35-4/h8-9,11-13,17H,5-7,10H2,1-4H3,(H,28,29)/t12-,13+,17-/m0/s1. The first-order valence-corrected chi connectivity index (χ1v) is 13.2. The number of sulfonamides is 1. The molecule has 0 radical (unpaired) electrons. The summed E-state index contributed by atoms with van der Waals surface area (Å²) in [6.07, 6.45) is 4.58. The molecule has 1 saturated heterocycles. The van der Waals surface area contributed by atoms with Crippen molar-refractivity contribution < 1.29 is 27.4 Å². The van der Waals surface area contributed by atoms with Gasteiger partial charge in [0.1, 0.15) is 28.7 Å². The highest BCUT2D eigenvalue weighted by Crippen LogP contribution is 2.36. The van der Waals surface area contributed by atoms with Crippen LogP contribution in [0.3, 0.4) is 0 Å². The number of methoxy groups -OCH3 is 3. The van der Waals surface area contributed by atoms with Crippen molar-refractivity contribution >= 4 is 27.6 Å². The van der Waals surface area contributed by atoms with Crippen LogP contribution >= 0.6 is 11.6 Å². The Balaban J connectivity index is 1.78. The van der Waals surface area contributed by atoms with Gasteiger partial charge in [-0.05, 0) is 19.8 Å². The molecule has 0 aliphatic carbocycles. The summed E-state index contributed by atoms with van der Waals surface area (Å²) >= 11 is 5.83. The number of halogens is 1. The molecule has 4 rings (SSSR count). The third-order valence-electron chi connectivity index (χ3n) is 5.91. The third-order valence-corrected chi connectivity index (χ3v) is 7.80. The molecule has 0 spiro atoms. The second kappa shape index (κ2) is 11.5. The zero-order valence-corrected chi connectivity index (χ0v) is 22.2. The monoisotopic (exact) mass is 554 g/mol. The van der Waals surface area contributed by atoms with Crippen molar-refractivity contribution in [2.24, 2.45) is 0 Å². The zero-order chi connectivity index (χ0) is 26.6.